The summed E-state index contributed by atoms with van der Waals surface area (Å²) in [4.78, 5) is 10.3. The summed E-state index contributed by atoms with van der Waals surface area (Å²) in [5.41, 5.74) is 0.878. The molecule has 1 fully saturated rings. The zero-order valence-electron chi connectivity index (χ0n) is 19.5. The summed E-state index contributed by atoms with van der Waals surface area (Å²) in [6, 6.07) is 7.51. The van der Waals surface area contributed by atoms with Gasteiger partial charge in [-0.1, -0.05) is 24.3 Å². The van der Waals surface area contributed by atoms with Crippen molar-refractivity contribution >= 4 is 18.6 Å². The summed E-state index contributed by atoms with van der Waals surface area (Å²) in [6.07, 6.45) is -0.809. The zero-order valence-corrected chi connectivity index (χ0v) is 19.5. The lowest BCUT2D eigenvalue weighted by Gasteiger charge is -2.32. The van der Waals surface area contributed by atoms with Crippen LogP contribution in [0.1, 0.15) is 45.9 Å². The normalized spacial score (nSPS) is 18.1. The van der Waals surface area contributed by atoms with Crippen LogP contribution in [0.4, 0.5) is 0 Å². The zero-order chi connectivity index (χ0) is 23.6. The van der Waals surface area contributed by atoms with Gasteiger partial charge in [-0.25, -0.2) is 0 Å². The fourth-order valence-electron chi connectivity index (χ4n) is 2.90. The quantitative estimate of drug-likeness (QED) is 0.204. The minimum Gasteiger partial charge on any atom is -0.481 e. The van der Waals surface area contributed by atoms with E-state index in [0.717, 1.165) is 11.0 Å². The third-order valence-electron chi connectivity index (χ3n) is 5.57. The van der Waals surface area contributed by atoms with Crippen molar-refractivity contribution in [3.05, 3.63) is 29.8 Å². The number of aliphatic hydroxyl groups excluding tert-OH is 1. The first kappa shape index (κ1) is 26.7. The highest BCUT2D eigenvalue weighted by Crippen LogP contribution is 2.36. The molecule has 1 saturated heterocycles. The highest BCUT2D eigenvalue weighted by atomic mass is 16.7. The molecule has 180 valence electrons. The Hall–Kier alpha value is -1.53. The number of aliphatic carboxylic acids is 1. The molecule has 1 aliphatic rings. The van der Waals surface area contributed by atoms with Crippen LogP contribution in [0, 0.1) is 0 Å². The molecule has 1 aromatic rings. The number of rotatable bonds is 15. The molecule has 1 aliphatic heterocycles. The predicted octanol–water partition coefficient (Wildman–Crippen LogP) is 1.09. The number of hydrogen-bond donors (Lipinski definition) is 3. The smallest absolute Gasteiger partial charge is 0.481 e. The molecule has 1 unspecified atom stereocenters. The number of aliphatic hydroxyl groups is 1. The standard InChI is InChI=1S/C22H36BNO8/c1-21(2)22(3,4)32-23(31-21)18-7-5-17(6-8-18)20(27)24-10-12-29-14-16-30-15-13-28-11-9-19(25)26/h5-8,20,24,27H,9-16H2,1-4H3,(H,25,26). The largest absolute Gasteiger partial charge is 0.494 e. The Balaban J connectivity index is 1.55. The maximum atomic E-state index is 10.3. The van der Waals surface area contributed by atoms with E-state index in [4.69, 9.17) is 28.6 Å². The van der Waals surface area contributed by atoms with Gasteiger partial charge in [-0.3, -0.25) is 10.1 Å². The van der Waals surface area contributed by atoms with Crippen LogP contribution in [-0.2, 0) is 28.3 Å². The van der Waals surface area contributed by atoms with Crippen molar-refractivity contribution in [1.82, 2.24) is 5.32 Å². The van der Waals surface area contributed by atoms with Crippen molar-refractivity contribution in [2.45, 2.75) is 51.5 Å². The second-order valence-electron chi connectivity index (χ2n) is 8.59. The van der Waals surface area contributed by atoms with Crippen LogP contribution >= 0.6 is 0 Å². The lowest BCUT2D eigenvalue weighted by atomic mass is 9.79. The van der Waals surface area contributed by atoms with Gasteiger partial charge in [0, 0.05) is 6.54 Å². The minimum absolute atomic E-state index is 0.00779. The van der Waals surface area contributed by atoms with Crippen LogP contribution in [0.3, 0.4) is 0 Å². The molecule has 0 bridgehead atoms. The van der Waals surface area contributed by atoms with Crippen LogP contribution in [0.2, 0.25) is 0 Å². The molecule has 1 aromatic carbocycles. The molecule has 0 amide bonds. The molecule has 3 N–H and O–H groups in total. The number of carboxylic acids is 1. The molecule has 0 aliphatic carbocycles. The number of ether oxygens (including phenoxy) is 3. The van der Waals surface area contributed by atoms with E-state index >= 15 is 0 Å². The second-order valence-corrected chi connectivity index (χ2v) is 8.59. The van der Waals surface area contributed by atoms with Crippen molar-refractivity contribution in [2.24, 2.45) is 0 Å². The second kappa shape index (κ2) is 12.6. The summed E-state index contributed by atoms with van der Waals surface area (Å²) >= 11 is 0. The number of nitrogens with one attached hydrogen (secondary N) is 1. The Bertz CT molecular complexity index is 682. The molecule has 0 radical (unpaired) electrons. The first-order valence-corrected chi connectivity index (χ1v) is 10.9. The van der Waals surface area contributed by atoms with Crippen molar-refractivity contribution in [3.63, 3.8) is 0 Å². The fourth-order valence-corrected chi connectivity index (χ4v) is 2.90. The lowest BCUT2D eigenvalue weighted by molar-refractivity contribution is -0.138. The van der Waals surface area contributed by atoms with Crippen LogP contribution in [0.15, 0.2) is 24.3 Å². The molecular weight excluding hydrogens is 417 g/mol. The molecule has 10 heteroatoms. The predicted molar refractivity (Wildman–Crippen MR) is 120 cm³/mol. The molecule has 0 aromatic heterocycles. The van der Waals surface area contributed by atoms with Crippen molar-refractivity contribution in [2.75, 3.05) is 46.2 Å². The third kappa shape index (κ3) is 8.44. The Morgan fingerprint density at radius 3 is 1.97 bits per heavy atom. The summed E-state index contributed by atoms with van der Waals surface area (Å²) < 4.78 is 28.0. The summed E-state index contributed by atoms with van der Waals surface area (Å²) in [6.45, 7) is 10.8. The van der Waals surface area contributed by atoms with Crippen molar-refractivity contribution in [3.8, 4) is 0 Å². The molecule has 2 rings (SSSR count). The molecular formula is C22H36BNO8. The molecule has 0 saturated carbocycles. The topological polar surface area (TPSA) is 116 Å². The van der Waals surface area contributed by atoms with Gasteiger partial charge in [0.25, 0.3) is 0 Å². The van der Waals surface area contributed by atoms with Gasteiger partial charge in [0.15, 0.2) is 0 Å². The SMILES string of the molecule is CC1(C)OB(c2ccc(C(O)NCCOCCOCCOCCC(=O)O)cc2)OC1(C)C. The number of carboxylic acid groups (broad SMARTS) is 1. The Labute approximate surface area is 190 Å². The molecule has 1 heterocycles. The maximum absolute atomic E-state index is 10.3. The first-order chi connectivity index (χ1) is 15.1. The highest BCUT2D eigenvalue weighted by Gasteiger charge is 2.51. The summed E-state index contributed by atoms with van der Waals surface area (Å²) in [7, 11) is -0.425. The third-order valence-corrected chi connectivity index (χ3v) is 5.57. The van der Waals surface area contributed by atoms with E-state index in [-0.39, 0.29) is 13.0 Å². The maximum Gasteiger partial charge on any atom is 0.494 e. The van der Waals surface area contributed by atoms with E-state index < -0.39 is 30.5 Å². The minimum atomic E-state index is -0.878. The highest BCUT2D eigenvalue weighted by molar-refractivity contribution is 6.62. The van der Waals surface area contributed by atoms with Gasteiger partial charge in [-0.2, -0.15) is 0 Å². The van der Waals surface area contributed by atoms with Gasteiger partial charge >= 0.3 is 13.1 Å². The van der Waals surface area contributed by atoms with Gasteiger partial charge in [-0.05, 0) is 38.7 Å². The number of hydrogen-bond acceptors (Lipinski definition) is 8. The number of carbonyl (C=O) groups is 1. The molecule has 1 atom stereocenters. The van der Waals surface area contributed by atoms with Crippen LogP contribution in [0.5, 0.6) is 0 Å². The summed E-state index contributed by atoms with van der Waals surface area (Å²) in [5.74, 6) is -0.878. The lowest BCUT2D eigenvalue weighted by Crippen LogP contribution is -2.41. The molecule has 32 heavy (non-hydrogen) atoms. The monoisotopic (exact) mass is 453 g/mol. The molecule has 0 spiro atoms. The van der Waals surface area contributed by atoms with Crippen molar-refractivity contribution < 1.29 is 38.5 Å². The van der Waals surface area contributed by atoms with E-state index in [0.29, 0.717) is 39.6 Å². The fraction of sp³-hybridized carbons (Fsp3) is 0.682. The van der Waals surface area contributed by atoms with E-state index in [2.05, 4.69) is 5.32 Å². The van der Waals surface area contributed by atoms with E-state index in [1.165, 1.54) is 0 Å². The van der Waals surface area contributed by atoms with Crippen LogP contribution in [-0.4, -0.2) is 80.7 Å². The van der Waals surface area contributed by atoms with E-state index in [9.17, 15) is 9.90 Å². The van der Waals surface area contributed by atoms with Crippen LogP contribution < -0.4 is 10.8 Å². The van der Waals surface area contributed by atoms with Gasteiger partial charge in [0.2, 0.25) is 0 Å². The number of benzene rings is 1. The van der Waals surface area contributed by atoms with Gasteiger partial charge in [0.1, 0.15) is 6.23 Å². The first-order valence-electron chi connectivity index (χ1n) is 10.9. The molecule has 9 nitrogen and oxygen atoms in total. The van der Waals surface area contributed by atoms with E-state index in [1.54, 1.807) is 0 Å². The summed E-state index contributed by atoms with van der Waals surface area (Å²) in [5, 5.41) is 21.8. The van der Waals surface area contributed by atoms with Gasteiger partial charge in [-0.15, -0.1) is 0 Å². The Morgan fingerprint density at radius 1 is 0.938 bits per heavy atom. The van der Waals surface area contributed by atoms with Gasteiger partial charge < -0.3 is 33.7 Å². The van der Waals surface area contributed by atoms with E-state index in [1.807, 2.05) is 52.0 Å². The van der Waals surface area contributed by atoms with Crippen LogP contribution in [0.25, 0.3) is 0 Å². The Morgan fingerprint density at radius 2 is 1.44 bits per heavy atom. The van der Waals surface area contributed by atoms with Gasteiger partial charge in [0.05, 0.1) is 57.3 Å². The Kier molecular flexibility index (Phi) is 10.6. The van der Waals surface area contributed by atoms with Crippen molar-refractivity contribution in [1.29, 1.82) is 0 Å². The average Bonchev–Trinajstić information content (AvgIpc) is 2.95. The average molecular weight is 453 g/mol.